The molecule has 2 unspecified atom stereocenters. The molecular weight excluding hydrogens is 272 g/mol. The van der Waals surface area contributed by atoms with Crippen LogP contribution in [-0.2, 0) is 4.79 Å². The molecule has 2 heterocycles. The maximum Gasteiger partial charge on any atom is 0.226 e. The summed E-state index contributed by atoms with van der Waals surface area (Å²) in [6.07, 6.45) is 7.83. The average molecular weight is 299 g/mol. The van der Waals surface area contributed by atoms with Crippen molar-refractivity contribution in [3.05, 3.63) is 0 Å². The van der Waals surface area contributed by atoms with Gasteiger partial charge in [0.2, 0.25) is 5.91 Å². The second kappa shape index (κ2) is 5.84. The van der Waals surface area contributed by atoms with E-state index in [-0.39, 0.29) is 12.4 Å². The van der Waals surface area contributed by atoms with Gasteiger partial charge in [0.15, 0.2) is 0 Å². The van der Waals surface area contributed by atoms with Crippen LogP contribution in [0, 0.1) is 29.6 Å². The molecular formula is C16H27ClN2O. The van der Waals surface area contributed by atoms with Crippen molar-refractivity contribution in [3.63, 3.8) is 0 Å². The molecule has 4 heteroatoms. The van der Waals surface area contributed by atoms with E-state index in [9.17, 15) is 4.79 Å². The number of carbonyl (C=O) groups excluding carboxylic acids is 1. The fourth-order valence-electron chi connectivity index (χ4n) is 5.01. The number of hydrogen-bond donors (Lipinski definition) is 1. The molecule has 4 aliphatic rings. The Bertz CT molecular complexity index is 349. The van der Waals surface area contributed by atoms with E-state index in [2.05, 4.69) is 10.2 Å². The monoisotopic (exact) mass is 298 g/mol. The minimum atomic E-state index is 0. The second-order valence-corrected chi connectivity index (χ2v) is 7.22. The van der Waals surface area contributed by atoms with Crippen molar-refractivity contribution in [1.29, 1.82) is 0 Å². The Hall–Kier alpha value is -0.280. The van der Waals surface area contributed by atoms with E-state index in [1.165, 1.54) is 51.6 Å². The first-order valence-electron chi connectivity index (χ1n) is 8.34. The molecule has 20 heavy (non-hydrogen) atoms. The van der Waals surface area contributed by atoms with Crippen molar-refractivity contribution < 1.29 is 4.79 Å². The number of halogens is 1. The quantitative estimate of drug-likeness (QED) is 0.806. The van der Waals surface area contributed by atoms with Crippen LogP contribution in [0.25, 0.3) is 0 Å². The van der Waals surface area contributed by atoms with Gasteiger partial charge in [0.25, 0.3) is 0 Å². The maximum absolute atomic E-state index is 12.7. The van der Waals surface area contributed by atoms with E-state index in [0.29, 0.717) is 11.8 Å². The Morgan fingerprint density at radius 3 is 2.00 bits per heavy atom. The number of hydrogen-bond acceptors (Lipinski definition) is 2. The van der Waals surface area contributed by atoms with E-state index in [0.717, 1.165) is 36.8 Å². The summed E-state index contributed by atoms with van der Waals surface area (Å²) < 4.78 is 0. The van der Waals surface area contributed by atoms with Crippen LogP contribution in [0.2, 0.25) is 0 Å². The Labute approximate surface area is 128 Å². The molecule has 3 nitrogen and oxygen atoms in total. The molecule has 1 amide bonds. The molecule has 0 aromatic rings. The molecule has 4 rings (SSSR count). The SMILES string of the molecule is Cl.O=C(C1C2CCCCC21)N1CC[C@@H]2CNC[C@@H]2CC1. The van der Waals surface area contributed by atoms with Gasteiger partial charge in [-0.2, -0.15) is 0 Å². The summed E-state index contributed by atoms with van der Waals surface area (Å²) in [6.45, 7) is 4.41. The first-order chi connectivity index (χ1) is 9.34. The van der Waals surface area contributed by atoms with Gasteiger partial charge in [-0.25, -0.2) is 0 Å². The fraction of sp³-hybridized carbons (Fsp3) is 0.938. The van der Waals surface area contributed by atoms with Gasteiger partial charge in [-0.1, -0.05) is 12.8 Å². The lowest BCUT2D eigenvalue weighted by Crippen LogP contribution is -2.34. The van der Waals surface area contributed by atoms with Gasteiger partial charge in [0, 0.05) is 19.0 Å². The number of likely N-dealkylation sites (tertiary alicyclic amines) is 1. The highest BCUT2D eigenvalue weighted by Crippen LogP contribution is 2.56. The van der Waals surface area contributed by atoms with Crippen LogP contribution in [0.4, 0.5) is 0 Å². The molecule has 0 spiro atoms. The van der Waals surface area contributed by atoms with Gasteiger partial charge >= 0.3 is 0 Å². The van der Waals surface area contributed by atoms with Crippen molar-refractivity contribution in [2.75, 3.05) is 26.2 Å². The van der Waals surface area contributed by atoms with Crippen molar-refractivity contribution in [1.82, 2.24) is 10.2 Å². The van der Waals surface area contributed by atoms with Gasteiger partial charge < -0.3 is 10.2 Å². The standard InChI is InChI=1S/C16H26N2O.ClH/c19-16(15-13-3-1-2-4-14(13)15)18-7-5-11-9-17-10-12(11)6-8-18;/h11-15,17H,1-10H2;1H/t11-,12+,13?,14?,15?;. The number of nitrogens with one attached hydrogen (secondary N) is 1. The molecule has 2 saturated heterocycles. The summed E-state index contributed by atoms with van der Waals surface area (Å²) in [6, 6.07) is 0. The Morgan fingerprint density at radius 1 is 0.900 bits per heavy atom. The molecule has 4 atom stereocenters. The van der Waals surface area contributed by atoms with E-state index in [1.54, 1.807) is 0 Å². The molecule has 0 radical (unpaired) electrons. The lowest BCUT2D eigenvalue weighted by atomic mass is 9.92. The lowest BCUT2D eigenvalue weighted by molar-refractivity contribution is -0.133. The van der Waals surface area contributed by atoms with Crippen molar-refractivity contribution in [3.8, 4) is 0 Å². The van der Waals surface area contributed by atoms with Crippen molar-refractivity contribution in [2.45, 2.75) is 38.5 Å². The van der Waals surface area contributed by atoms with Crippen LogP contribution in [0.1, 0.15) is 38.5 Å². The molecule has 2 aliphatic heterocycles. The smallest absolute Gasteiger partial charge is 0.226 e. The van der Waals surface area contributed by atoms with Crippen LogP contribution in [0.3, 0.4) is 0 Å². The van der Waals surface area contributed by atoms with Crippen LogP contribution in [0.5, 0.6) is 0 Å². The first kappa shape index (κ1) is 14.6. The molecule has 0 aromatic heterocycles. The zero-order valence-electron chi connectivity index (χ0n) is 12.2. The lowest BCUT2D eigenvalue weighted by Gasteiger charge is -2.21. The summed E-state index contributed by atoms with van der Waals surface area (Å²) >= 11 is 0. The summed E-state index contributed by atoms with van der Waals surface area (Å²) in [4.78, 5) is 14.9. The van der Waals surface area contributed by atoms with Gasteiger partial charge in [0.05, 0.1) is 0 Å². The highest BCUT2D eigenvalue weighted by Gasteiger charge is 2.55. The molecule has 0 aromatic carbocycles. The Kier molecular flexibility index (Phi) is 4.28. The normalized spacial score (nSPS) is 43.0. The molecule has 2 saturated carbocycles. The van der Waals surface area contributed by atoms with Gasteiger partial charge in [-0.3, -0.25) is 4.79 Å². The third-order valence-corrected chi connectivity index (χ3v) is 6.27. The van der Waals surface area contributed by atoms with E-state index in [1.807, 2.05) is 0 Å². The van der Waals surface area contributed by atoms with Gasteiger partial charge in [-0.15, -0.1) is 12.4 Å². The van der Waals surface area contributed by atoms with E-state index in [4.69, 9.17) is 0 Å². The van der Waals surface area contributed by atoms with Crippen LogP contribution < -0.4 is 5.32 Å². The minimum absolute atomic E-state index is 0. The van der Waals surface area contributed by atoms with Gasteiger partial charge in [0.1, 0.15) is 0 Å². The molecule has 114 valence electrons. The number of nitrogens with zero attached hydrogens (tertiary/aromatic N) is 1. The largest absolute Gasteiger partial charge is 0.342 e. The predicted octanol–water partition coefficient (Wildman–Crippen LogP) is 2.30. The molecule has 4 fully saturated rings. The second-order valence-electron chi connectivity index (χ2n) is 7.22. The zero-order valence-corrected chi connectivity index (χ0v) is 13.0. The number of carbonyl (C=O) groups is 1. The Morgan fingerprint density at radius 2 is 1.45 bits per heavy atom. The Balaban J connectivity index is 0.00000121. The summed E-state index contributed by atoms with van der Waals surface area (Å²) in [5.41, 5.74) is 0. The highest BCUT2D eigenvalue weighted by molar-refractivity contribution is 5.85. The number of amides is 1. The van der Waals surface area contributed by atoms with E-state index >= 15 is 0 Å². The minimum Gasteiger partial charge on any atom is -0.342 e. The van der Waals surface area contributed by atoms with E-state index < -0.39 is 0 Å². The average Bonchev–Trinajstić information content (AvgIpc) is 3.07. The molecule has 0 bridgehead atoms. The number of rotatable bonds is 1. The molecule has 1 N–H and O–H groups in total. The third kappa shape index (κ3) is 2.48. The maximum atomic E-state index is 12.7. The topological polar surface area (TPSA) is 32.3 Å². The first-order valence-corrected chi connectivity index (χ1v) is 8.34. The van der Waals surface area contributed by atoms with Crippen LogP contribution in [0.15, 0.2) is 0 Å². The third-order valence-electron chi connectivity index (χ3n) is 6.27. The van der Waals surface area contributed by atoms with Crippen molar-refractivity contribution >= 4 is 18.3 Å². The summed E-state index contributed by atoms with van der Waals surface area (Å²) in [7, 11) is 0. The van der Waals surface area contributed by atoms with Crippen LogP contribution >= 0.6 is 12.4 Å². The van der Waals surface area contributed by atoms with Crippen LogP contribution in [-0.4, -0.2) is 37.0 Å². The summed E-state index contributed by atoms with van der Waals surface area (Å²) in [5, 5.41) is 3.51. The fourth-order valence-corrected chi connectivity index (χ4v) is 5.01. The van der Waals surface area contributed by atoms with Gasteiger partial charge in [-0.05, 0) is 62.4 Å². The zero-order chi connectivity index (χ0) is 12.8. The predicted molar refractivity (Wildman–Crippen MR) is 81.8 cm³/mol. The molecule has 2 aliphatic carbocycles. The van der Waals surface area contributed by atoms with Crippen molar-refractivity contribution in [2.24, 2.45) is 29.6 Å². The summed E-state index contributed by atoms with van der Waals surface area (Å²) in [5.74, 6) is 4.15. The number of fused-ring (bicyclic) bond motifs is 2. The highest BCUT2D eigenvalue weighted by atomic mass is 35.5.